The molecule has 3 aromatic rings. The van der Waals surface area contributed by atoms with Gasteiger partial charge in [-0.1, -0.05) is 40.2 Å². The monoisotopic (exact) mass is 496 g/mol. The second-order valence-electron chi connectivity index (χ2n) is 7.09. The molecule has 0 spiro atoms. The van der Waals surface area contributed by atoms with Gasteiger partial charge in [0.2, 0.25) is 11.8 Å². The molecule has 0 fully saturated rings. The Balaban J connectivity index is 1.56. The van der Waals surface area contributed by atoms with Crippen LogP contribution in [-0.4, -0.2) is 25.5 Å². The first kappa shape index (κ1) is 21.5. The summed E-state index contributed by atoms with van der Waals surface area (Å²) in [5.74, 6) is 0.461. The highest BCUT2D eigenvalue weighted by atomic mass is 79.9. The van der Waals surface area contributed by atoms with Gasteiger partial charge in [-0.15, -0.1) is 11.8 Å². The maximum absolute atomic E-state index is 13.2. The number of ether oxygens (including phenoxy) is 1. The first-order valence-corrected chi connectivity index (χ1v) is 11.5. The molecule has 1 aliphatic rings. The van der Waals surface area contributed by atoms with E-state index in [1.54, 1.807) is 23.8 Å². The third kappa shape index (κ3) is 5.11. The van der Waals surface area contributed by atoms with Crippen LogP contribution >= 0.6 is 27.7 Å². The number of para-hydroxylation sites is 1. The highest BCUT2D eigenvalue weighted by Crippen LogP contribution is 2.45. The second kappa shape index (κ2) is 9.58. The fourth-order valence-corrected chi connectivity index (χ4v) is 4.98. The summed E-state index contributed by atoms with van der Waals surface area (Å²) >= 11 is 5.03. The number of nitrogens with one attached hydrogen (secondary N) is 1. The van der Waals surface area contributed by atoms with E-state index in [1.807, 2.05) is 72.8 Å². The van der Waals surface area contributed by atoms with Crippen LogP contribution < -0.4 is 15.0 Å². The van der Waals surface area contributed by atoms with Gasteiger partial charge in [-0.3, -0.25) is 9.59 Å². The van der Waals surface area contributed by atoms with Crippen LogP contribution in [-0.2, 0) is 9.59 Å². The van der Waals surface area contributed by atoms with E-state index < -0.39 is 0 Å². The van der Waals surface area contributed by atoms with Gasteiger partial charge in [-0.2, -0.15) is 0 Å². The number of anilines is 2. The van der Waals surface area contributed by atoms with Crippen molar-refractivity contribution >= 4 is 50.9 Å². The molecule has 5 nitrogen and oxygen atoms in total. The van der Waals surface area contributed by atoms with Gasteiger partial charge in [-0.05, 0) is 54.1 Å². The third-order valence-corrected chi connectivity index (χ3v) is 6.85. The molecule has 1 aliphatic heterocycles. The summed E-state index contributed by atoms with van der Waals surface area (Å²) in [6.45, 7) is -0.0399. The number of rotatable bonds is 5. The van der Waals surface area contributed by atoms with Crippen LogP contribution in [0.4, 0.5) is 11.4 Å². The predicted octanol–water partition coefficient (Wildman–Crippen LogP) is 5.67. The normalized spacial score (nSPS) is 15.7. The lowest BCUT2D eigenvalue weighted by Crippen LogP contribution is -2.38. The number of benzene rings is 3. The van der Waals surface area contributed by atoms with Crippen molar-refractivity contribution in [2.45, 2.75) is 16.6 Å². The molecule has 158 valence electrons. The molecule has 0 saturated carbocycles. The molecule has 0 radical (unpaired) electrons. The van der Waals surface area contributed by atoms with E-state index in [1.165, 1.54) is 0 Å². The fraction of sp³-hybridized carbons (Fsp3) is 0.167. The van der Waals surface area contributed by atoms with Crippen LogP contribution in [0, 0.1) is 0 Å². The first-order chi connectivity index (χ1) is 15.0. The van der Waals surface area contributed by atoms with E-state index >= 15 is 0 Å². The standard InChI is InChI=1S/C24H21BrN2O3S/c1-30-19-12-6-16(7-13-19)22-14-24(29)27(20-4-2-3-5-21(20)31-22)15-23(28)26-18-10-8-17(25)9-11-18/h2-13,22H,14-15H2,1H3,(H,26,28). The van der Waals surface area contributed by atoms with Crippen molar-refractivity contribution in [2.24, 2.45) is 0 Å². The number of halogens is 1. The molecule has 0 bridgehead atoms. The number of carbonyl (C=O) groups is 2. The summed E-state index contributed by atoms with van der Waals surface area (Å²) in [6, 6.07) is 22.9. The first-order valence-electron chi connectivity index (χ1n) is 9.79. The van der Waals surface area contributed by atoms with Crippen molar-refractivity contribution in [2.75, 3.05) is 23.9 Å². The zero-order valence-electron chi connectivity index (χ0n) is 16.9. The zero-order valence-corrected chi connectivity index (χ0v) is 19.3. The summed E-state index contributed by atoms with van der Waals surface area (Å²) in [6.07, 6.45) is 0.303. The highest BCUT2D eigenvalue weighted by Gasteiger charge is 2.30. The van der Waals surface area contributed by atoms with Gasteiger partial charge in [0.15, 0.2) is 0 Å². The maximum Gasteiger partial charge on any atom is 0.244 e. The minimum atomic E-state index is -0.238. The Kier molecular flexibility index (Phi) is 6.63. The van der Waals surface area contributed by atoms with Gasteiger partial charge in [0.1, 0.15) is 12.3 Å². The molecule has 31 heavy (non-hydrogen) atoms. The molecule has 0 saturated heterocycles. The third-order valence-electron chi connectivity index (χ3n) is 5.00. The van der Waals surface area contributed by atoms with Gasteiger partial charge in [0.05, 0.1) is 12.8 Å². The quantitative estimate of drug-likeness (QED) is 0.494. The van der Waals surface area contributed by atoms with Crippen LogP contribution in [0.1, 0.15) is 17.2 Å². The van der Waals surface area contributed by atoms with E-state index in [4.69, 9.17) is 4.74 Å². The molecule has 2 amide bonds. The van der Waals surface area contributed by atoms with Crippen LogP contribution in [0.25, 0.3) is 0 Å². The topological polar surface area (TPSA) is 58.6 Å². The van der Waals surface area contributed by atoms with Crippen molar-refractivity contribution in [1.29, 1.82) is 0 Å². The summed E-state index contributed by atoms with van der Waals surface area (Å²) in [7, 11) is 1.63. The van der Waals surface area contributed by atoms with E-state index in [9.17, 15) is 9.59 Å². The molecule has 1 unspecified atom stereocenters. The van der Waals surface area contributed by atoms with E-state index in [-0.39, 0.29) is 23.6 Å². The van der Waals surface area contributed by atoms with Crippen molar-refractivity contribution < 1.29 is 14.3 Å². The molecule has 1 heterocycles. The van der Waals surface area contributed by atoms with Crippen molar-refractivity contribution in [3.63, 3.8) is 0 Å². The lowest BCUT2D eigenvalue weighted by molar-refractivity contribution is -0.121. The van der Waals surface area contributed by atoms with Gasteiger partial charge >= 0.3 is 0 Å². The summed E-state index contributed by atoms with van der Waals surface area (Å²) in [5.41, 5.74) is 2.50. The Labute approximate surface area is 193 Å². The molecule has 4 rings (SSSR count). The minimum absolute atomic E-state index is 0.0399. The number of hydrogen-bond acceptors (Lipinski definition) is 4. The molecule has 0 aliphatic carbocycles. The smallest absolute Gasteiger partial charge is 0.244 e. The maximum atomic E-state index is 13.2. The largest absolute Gasteiger partial charge is 0.497 e. The Morgan fingerprint density at radius 2 is 1.81 bits per heavy atom. The van der Waals surface area contributed by atoms with Gasteiger partial charge in [0, 0.05) is 26.7 Å². The number of methoxy groups -OCH3 is 1. The predicted molar refractivity (Wildman–Crippen MR) is 128 cm³/mol. The average Bonchev–Trinajstić information content (AvgIpc) is 2.92. The number of fused-ring (bicyclic) bond motifs is 1. The van der Waals surface area contributed by atoms with Gasteiger partial charge in [-0.25, -0.2) is 0 Å². The Morgan fingerprint density at radius 3 is 2.52 bits per heavy atom. The number of nitrogens with zero attached hydrogens (tertiary/aromatic N) is 1. The molecular formula is C24H21BrN2O3S. The lowest BCUT2D eigenvalue weighted by atomic mass is 10.1. The van der Waals surface area contributed by atoms with Crippen LogP contribution in [0.15, 0.2) is 82.2 Å². The van der Waals surface area contributed by atoms with Crippen LogP contribution in [0.3, 0.4) is 0 Å². The fourth-order valence-electron chi connectivity index (χ4n) is 3.43. The van der Waals surface area contributed by atoms with Gasteiger partial charge < -0.3 is 15.0 Å². The number of hydrogen-bond donors (Lipinski definition) is 1. The number of carbonyl (C=O) groups excluding carboxylic acids is 2. The van der Waals surface area contributed by atoms with E-state index in [0.29, 0.717) is 12.1 Å². The molecule has 7 heteroatoms. The van der Waals surface area contributed by atoms with Crippen molar-refractivity contribution in [1.82, 2.24) is 0 Å². The van der Waals surface area contributed by atoms with Crippen LogP contribution in [0.2, 0.25) is 0 Å². The van der Waals surface area contributed by atoms with Gasteiger partial charge in [0.25, 0.3) is 0 Å². The lowest BCUT2D eigenvalue weighted by Gasteiger charge is -2.22. The Bertz CT molecular complexity index is 1090. The SMILES string of the molecule is COc1ccc(C2CC(=O)N(CC(=O)Nc3ccc(Br)cc3)c3ccccc3S2)cc1. The summed E-state index contributed by atoms with van der Waals surface area (Å²) in [5, 5.41) is 2.83. The van der Waals surface area contributed by atoms with Crippen molar-refractivity contribution in [3.05, 3.63) is 82.8 Å². The highest BCUT2D eigenvalue weighted by molar-refractivity contribution is 9.10. The average molecular weight is 497 g/mol. The number of amides is 2. The van der Waals surface area contributed by atoms with Crippen LogP contribution in [0.5, 0.6) is 5.75 Å². The minimum Gasteiger partial charge on any atom is -0.497 e. The number of thioether (sulfide) groups is 1. The summed E-state index contributed by atoms with van der Waals surface area (Å²) in [4.78, 5) is 28.5. The molecule has 1 N–H and O–H groups in total. The van der Waals surface area contributed by atoms with E-state index in [0.717, 1.165) is 26.4 Å². The Morgan fingerprint density at radius 1 is 1.10 bits per heavy atom. The molecule has 3 aromatic carbocycles. The summed E-state index contributed by atoms with van der Waals surface area (Å²) < 4.78 is 6.18. The van der Waals surface area contributed by atoms with Crippen molar-refractivity contribution in [3.8, 4) is 5.75 Å². The molecule has 0 aromatic heterocycles. The Hall–Kier alpha value is -2.77. The second-order valence-corrected chi connectivity index (χ2v) is 9.25. The molecular weight excluding hydrogens is 476 g/mol. The zero-order chi connectivity index (χ0) is 21.8. The van der Waals surface area contributed by atoms with E-state index in [2.05, 4.69) is 21.2 Å². The molecule has 1 atom stereocenters.